The molecule has 0 spiro atoms. The van der Waals surface area contributed by atoms with Crippen LogP contribution in [0.15, 0.2) is 58.3 Å². The average Bonchev–Trinajstić information content (AvgIpc) is 3.15. The number of carbonyl (C=O) groups excluding carboxylic acids is 1. The summed E-state index contributed by atoms with van der Waals surface area (Å²) in [7, 11) is 0. The number of hydrogen-bond acceptors (Lipinski definition) is 6. The number of carboxylic acids is 1. The zero-order chi connectivity index (χ0) is 21.3. The van der Waals surface area contributed by atoms with Gasteiger partial charge in [-0.25, -0.2) is 4.79 Å². The first-order valence-corrected chi connectivity index (χ1v) is 10.8. The maximum Gasteiger partial charge on any atom is 0.352 e. The first-order chi connectivity index (χ1) is 14.4. The molecular weight excluding hydrogens is 422 g/mol. The molecular formula is C21H19N3O4S2. The van der Waals surface area contributed by atoms with Crippen LogP contribution in [-0.4, -0.2) is 49.2 Å². The van der Waals surface area contributed by atoms with Gasteiger partial charge in [0.25, 0.3) is 5.91 Å². The molecule has 2 atom stereocenters. The Morgan fingerprint density at radius 2 is 2.17 bits per heavy atom. The summed E-state index contributed by atoms with van der Waals surface area (Å²) in [6, 6.07) is 11.0. The number of nitrogens with one attached hydrogen (secondary N) is 1. The first-order valence-electron chi connectivity index (χ1n) is 9.30. The van der Waals surface area contributed by atoms with Crippen LogP contribution in [0.4, 0.5) is 0 Å². The van der Waals surface area contributed by atoms with E-state index < -0.39 is 12.0 Å². The second-order valence-corrected chi connectivity index (χ2v) is 8.60. The molecule has 0 aliphatic carbocycles. The summed E-state index contributed by atoms with van der Waals surface area (Å²) in [5.41, 5.74) is 2.34. The summed E-state index contributed by atoms with van der Waals surface area (Å²) in [5, 5.41) is 16.3. The van der Waals surface area contributed by atoms with Crippen molar-refractivity contribution in [3.05, 3.63) is 70.8 Å². The van der Waals surface area contributed by atoms with E-state index in [1.165, 1.54) is 16.7 Å². The minimum atomic E-state index is -1.13. The fraction of sp³-hybridized carbons (Fsp3) is 0.238. The van der Waals surface area contributed by atoms with E-state index in [1.54, 1.807) is 25.1 Å². The van der Waals surface area contributed by atoms with Crippen molar-refractivity contribution < 1.29 is 19.2 Å². The van der Waals surface area contributed by atoms with Crippen LogP contribution in [-0.2, 0) is 16.0 Å². The molecule has 154 valence electrons. The van der Waals surface area contributed by atoms with E-state index in [0.717, 1.165) is 11.3 Å². The number of fused-ring (bicyclic) bond motifs is 1. The number of nitrogens with zero attached hydrogens (tertiary/aromatic N) is 2. The smallest absolute Gasteiger partial charge is 0.352 e. The minimum absolute atomic E-state index is 0.00302. The Hall–Kier alpha value is -2.91. The molecule has 9 heteroatoms. The van der Waals surface area contributed by atoms with Crippen molar-refractivity contribution in [3.63, 3.8) is 0 Å². The Balaban J connectivity index is 1.48. The molecule has 30 heavy (non-hydrogen) atoms. The van der Waals surface area contributed by atoms with Gasteiger partial charge < -0.3 is 14.9 Å². The van der Waals surface area contributed by atoms with Crippen LogP contribution in [0.2, 0.25) is 0 Å². The molecule has 1 saturated heterocycles. The van der Waals surface area contributed by atoms with Crippen LogP contribution in [0.25, 0.3) is 6.08 Å². The van der Waals surface area contributed by atoms with Crippen LogP contribution in [0, 0.1) is 6.92 Å². The van der Waals surface area contributed by atoms with Gasteiger partial charge in [-0.2, -0.15) is 0 Å². The number of thiocarbonyl (C=S) groups is 1. The number of rotatable bonds is 6. The molecule has 2 N–H and O–H groups in total. The molecule has 0 saturated carbocycles. The maximum absolute atomic E-state index is 12.8. The van der Waals surface area contributed by atoms with Crippen LogP contribution >= 0.6 is 24.0 Å². The van der Waals surface area contributed by atoms with Crippen molar-refractivity contribution in [2.75, 3.05) is 5.75 Å². The van der Waals surface area contributed by atoms with Gasteiger partial charge in [-0.15, -0.1) is 11.8 Å². The predicted molar refractivity (Wildman–Crippen MR) is 118 cm³/mol. The average molecular weight is 442 g/mol. The van der Waals surface area contributed by atoms with E-state index in [-0.39, 0.29) is 17.0 Å². The third-order valence-electron chi connectivity index (χ3n) is 4.82. The molecule has 2 aliphatic heterocycles. The van der Waals surface area contributed by atoms with Crippen molar-refractivity contribution in [1.29, 1.82) is 0 Å². The summed E-state index contributed by atoms with van der Waals surface area (Å²) in [6.07, 6.45) is 3.86. The third kappa shape index (κ3) is 4.03. The molecule has 2 aromatic rings. The summed E-state index contributed by atoms with van der Waals surface area (Å²) >= 11 is 6.92. The van der Waals surface area contributed by atoms with Crippen molar-refractivity contribution in [2.24, 2.45) is 0 Å². The third-order valence-corrected chi connectivity index (χ3v) is 6.38. The Morgan fingerprint density at radius 3 is 2.83 bits per heavy atom. The van der Waals surface area contributed by atoms with Crippen LogP contribution in [0.3, 0.4) is 0 Å². The topological polar surface area (TPSA) is 95.7 Å². The highest BCUT2D eigenvalue weighted by atomic mass is 32.2. The van der Waals surface area contributed by atoms with E-state index in [2.05, 4.69) is 10.5 Å². The molecule has 0 unspecified atom stereocenters. The van der Waals surface area contributed by atoms with E-state index >= 15 is 0 Å². The number of hydrogen-bond donors (Lipinski definition) is 2. The number of β-lactam (4-membered cyclic amide) rings is 1. The Morgan fingerprint density at radius 1 is 1.40 bits per heavy atom. The van der Waals surface area contributed by atoms with Crippen LogP contribution in [0.5, 0.6) is 0 Å². The van der Waals surface area contributed by atoms with Gasteiger partial charge in [-0.05, 0) is 24.1 Å². The fourth-order valence-corrected chi connectivity index (χ4v) is 5.03. The van der Waals surface area contributed by atoms with Gasteiger partial charge in [0, 0.05) is 18.2 Å². The fourth-order valence-electron chi connectivity index (χ4n) is 3.42. The number of allylic oxidation sites excluding steroid dienone is 1. The van der Waals surface area contributed by atoms with Gasteiger partial charge in [-0.3, -0.25) is 9.69 Å². The quantitative estimate of drug-likeness (QED) is 0.522. The van der Waals surface area contributed by atoms with Crippen molar-refractivity contribution in [3.8, 4) is 0 Å². The maximum atomic E-state index is 12.8. The highest BCUT2D eigenvalue weighted by Gasteiger charge is 2.53. The lowest BCUT2D eigenvalue weighted by Gasteiger charge is -2.49. The van der Waals surface area contributed by atoms with E-state index in [0.29, 0.717) is 28.5 Å². The molecule has 2 aliphatic rings. The van der Waals surface area contributed by atoms with Crippen LogP contribution < -0.4 is 5.32 Å². The zero-order valence-electron chi connectivity index (χ0n) is 16.1. The normalized spacial score (nSPS) is 20.8. The molecule has 1 amide bonds. The lowest BCUT2D eigenvalue weighted by atomic mass is 10.0. The lowest BCUT2D eigenvalue weighted by molar-refractivity contribution is -0.148. The molecule has 1 fully saturated rings. The van der Waals surface area contributed by atoms with E-state index in [9.17, 15) is 14.7 Å². The van der Waals surface area contributed by atoms with E-state index in [1.807, 2.05) is 30.3 Å². The number of amides is 1. The summed E-state index contributed by atoms with van der Waals surface area (Å²) in [6.45, 7) is 1.80. The number of aryl methyl sites for hydroxylation is 1. The molecule has 0 bridgehead atoms. The lowest BCUT2D eigenvalue weighted by Crippen LogP contribution is -2.70. The molecule has 3 heterocycles. The van der Waals surface area contributed by atoms with Crippen LogP contribution in [0.1, 0.15) is 17.0 Å². The number of carboxylic acid groups (broad SMARTS) is 1. The molecule has 1 aromatic carbocycles. The minimum Gasteiger partial charge on any atom is -0.477 e. The standard InChI is InChI=1S/C21H19N3O4S2/c1-12-9-15(28-23-12)8-7-14-11-30-20-17(19(25)24(20)18(14)21(26)27)22-16(29)10-13-5-3-2-4-6-13/h2-9,17,20H,10-11H2,1H3,(H,22,29)(H,26,27)/t17-,20-/m1/s1. The molecule has 0 radical (unpaired) electrons. The number of benzene rings is 1. The Bertz CT molecular complexity index is 1060. The summed E-state index contributed by atoms with van der Waals surface area (Å²) in [4.78, 5) is 26.6. The van der Waals surface area contributed by atoms with Crippen molar-refractivity contribution in [1.82, 2.24) is 15.4 Å². The van der Waals surface area contributed by atoms with Gasteiger partial charge >= 0.3 is 5.97 Å². The first kappa shape index (κ1) is 20.4. The zero-order valence-corrected chi connectivity index (χ0v) is 17.7. The van der Waals surface area contributed by atoms with E-state index in [4.69, 9.17) is 16.7 Å². The van der Waals surface area contributed by atoms with Crippen molar-refractivity contribution in [2.45, 2.75) is 24.8 Å². The Labute approximate surface area is 182 Å². The second kappa shape index (κ2) is 8.45. The van der Waals surface area contributed by atoms with Gasteiger partial charge in [0.1, 0.15) is 17.1 Å². The number of aliphatic carboxylic acids is 1. The molecule has 4 rings (SSSR count). The number of thioether (sulfide) groups is 1. The summed E-state index contributed by atoms with van der Waals surface area (Å²) < 4.78 is 5.13. The molecule has 7 nitrogen and oxygen atoms in total. The second-order valence-electron chi connectivity index (χ2n) is 7.00. The SMILES string of the molecule is Cc1cc(C=CC2=C(C(=O)O)N3C(=O)[C@@H](NC(=S)Cc4ccccc4)[C@H]3SC2)on1. The van der Waals surface area contributed by atoms with Gasteiger partial charge in [0.05, 0.1) is 10.7 Å². The highest BCUT2D eigenvalue weighted by molar-refractivity contribution is 8.00. The molecule has 1 aromatic heterocycles. The summed E-state index contributed by atoms with van der Waals surface area (Å²) in [5.74, 6) is -0.435. The highest BCUT2D eigenvalue weighted by Crippen LogP contribution is 2.40. The van der Waals surface area contributed by atoms with Gasteiger partial charge in [0.2, 0.25) is 0 Å². The predicted octanol–water partition coefficient (Wildman–Crippen LogP) is 2.78. The largest absolute Gasteiger partial charge is 0.477 e. The monoisotopic (exact) mass is 441 g/mol. The van der Waals surface area contributed by atoms with Gasteiger partial charge in [0.15, 0.2) is 5.76 Å². The van der Waals surface area contributed by atoms with Crippen molar-refractivity contribution >= 4 is 46.9 Å². The van der Waals surface area contributed by atoms with Gasteiger partial charge in [-0.1, -0.05) is 53.8 Å². The number of carbonyl (C=O) groups is 2. The number of aromatic nitrogens is 1. The Kier molecular flexibility index (Phi) is 5.74.